The van der Waals surface area contributed by atoms with Crippen LogP contribution in [0.25, 0.3) is 0 Å². The van der Waals surface area contributed by atoms with Crippen molar-refractivity contribution in [2.24, 2.45) is 15.9 Å². The van der Waals surface area contributed by atoms with Gasteiger partial charge in [0.25, 0.3) is 0 Å². The zero-order chi connectivity index (χ0) is 8.69. The summed E-state index contributed by atoms with van der Waals surface area (Å²) < 4.78 is 0. The molecule has 0 heterocycles. The first-order chi connectivity index (χ1) is 5.26. The molecule has 2 heteroatoms. The number of hydrogen-bond acceptors (Lipinski definition) is 2. The van der Waals surface area contributed by atoms with Crippen LogP contribution in [0.2, 0.25) is 0 Å². The molecule has 11 heavy (non-hydrogen) atoms. The van der Waals surface area contributed by atoms with Crippen LogP contribution in [0.5, 0.6) is 0 Å². The fourth-order valence-corrected chi connectivity index (χ4v) is 1.12. The number of hydrogen-bond donors (Lipinski definition) is 0. The topological polar surface area (TPSA) is 24.7 Å². The molecular formula is C9H18N2. The quantitative estimate of drug-likeness (QED) is 0.542. The van der Waals surface area contributed by atoms with Crippen LogP contribution in [-0.2, 0) is 0 Å². The highest BCUT2D eigenvalue weighted by molar-refractivity contribution is 5.84. The van der Waals surface area contributed by atoms with Crippen molar-refractivity contribution in [1.82, 2.24) is 0 Å². The van der Waals surface area contributed by atoms with E-state index in [1.54, 1.807) is 0 Å². The maximum absolute atomic E-state index is 4.15. The molecule has 0 rings (SSSR count). The van der Waals surface area contributed by atoms with E-state index in [9.17, 15) is 0 Å². The average Bonchev–Trinajstić information content (AvgIpc) is 2.03. The molecule has 0 saturated carbocycles. The van der Waals surface area contributed by atoms with Crippen molar-refractivity contribution in [3.63, 3.8) is 0 Å². The van der Waals surface area contributed by atoms with Crippen molar-refractivity contribution in [1.29, 1.82) is 0 Å². The molecule has 0 amide bonds. The summed E-state index contributed by atoms with van der Waals surface area (Å²) in [5, 5.41) is 0. The Hall–Kier alpha value is -0.660. The zero-order valence-corrected chi connectivity index (χ0v) is 7.80. The third-order valence-corrected chi connectivity index (χ3v) is 1.93. The lowest BCUT2D eigenvalue weighted by Crippen LogP contribution is -2.14. The van der Waals surface area contributed by atoms with E-state index < -0.39 is 0 Å². The summed E-state index contributed by atoms with van der Waals surface area (Å²) in [5.41, 5.74) is 1.19. The highest BCUT2D eigenvalue weighted by atomic mass is 14.7. The molecule has 0 aliphatic heterocycles. The third-order valence-electron chi connectivity index (χ3n) is 1.93. The molecule has 0 fully saturated rings. The summed E-state index contributed by atoms with van der Waals surface area (Å²) in [4.78, 5) is 8.05. The summed E-state index contributed by atoms with van der Waals surface area (Å²) in [5.74, 6) is 0.516. The third kappa shape index (κ3) is 3.91. The minimum atomic E-state index is 0.516. The molecule has 0 aromatic heterocycles. The van der Waals surface area contributed by atoms with Gasteiger partial charge >= 0.3 is 0 Å². The monoisotopic (exact) mass is 154 g/mol. The van der Waals surface area contributed by atoms with Gasteiger partial charge in [-0.1, -0.05) is 13.3 Å². The van der Waals surface area contributed by atoms with E-state index in [-0.39, 0.29) is 0 Å². The first-order valence-corrected chi connectivity index (χ1v) is 4.12. The molecule has 1 atom stereocenters. The second-order valence-corrected chi connectivity index (χ2v) is 2.76. The van der Waals surface area contributed by atoms with E-state index in [0.29, 0.717) is 5.92 Å². The molecule has 64 valence electrons. The van der Waals surface area contributed by atoms with Crippen LogP contribution in [0.4, 0.5) is 0 Å². The van der Waals surface area contributed by atoms with E-state index >= 15 is 0 Å². The normalized spacial score (nSPS) is 14.6. The molecule has 0 aliphatic rings. The van der Waals surface area contributed by atoms with Crippen molar-refractivity contribution in [3.05, 3.63) is 0 Å². The van der Waals surface area contributed by atoms with Gasteiger partial charge in [0.1, 0.15) is 0 Å². The Kier molecular flexibility index (Phi) is 5.71. The molecule has 2 nitrogen and oxygen atoms in total. The zero-order valence-electron chi connectivity index (χ0n) is 7.80. The second kappa shape index (κ2) is 6.08. The summed E-state index contributed by atoms with van der Waals surface area (Å²) in [6.45, 7) is 8.55. The Labute approximate surface area is 69.4 Å². The first-order valence-electron chi connectivity index (χ1n) is 4.12. The number of aliphatic imine (C=N–C) groups is 2. The van der Waals surface area contributed by atoms with Gasteiger partial charge in [-0.2, -0.15) is 0 Å². The van der Waals surface area contributed by atoms with Gasteiger partial charge in [-0.15, -0.1) is 0 Å². The predicted octanol–water partition coefficient (Wildman–Crippen LogP) is 2.19. The average molecular weight is 154 g/mol. The number of rotatable bonds is 5. The Bertz CT molecular complexity index is 138. The fraction of sp³-hybridized carbons (Fsp3) is 0.778. The van der Waals surface area contributed by atoms with E-state index in [1.165, 1.54) is 18.6 Å². The van der Waals surface area contributed by atoms with E-state index in [4.69, 9.17) is 0 Å². The summed E-state index contributed by atoms with van der Waals surface area (Å²) in [6.07, 6.45) is 2.36. The summed E-state index contributed by atoms with van der Waals surface area (Å²) in [6, 6.07) is 0. The molecule has 0 spiro atoms. The Balaban J connectivity index is 3.97. The molecule has 1 unspecified atom stereocenters. The van der Waals surface area contributed by atoms with Crippen LogP contribution < -0.4 is 0 Å². The second-order valence-electron chi connectivity index (χ2n) is 2.76. The summed E-state index contributed by atoms with van der Waals surface area (Å²) >= 11 is 0. The Morgan fingerprint density at radius 1 is 1.55 bits per heavy atom. The van der Waals surface area contributed by atoms with Gasteiger partial charge in [-0.25, -0.2) is 0 Å². The minimum Gasteiger partial charge on any atom is -0.300 e. The first kappa shape index (κ1) is 10.3. The molecule has 0 aromatic carbocycles. The van der Waals surface area contributed by atoms with Crippen molar-refractivity contribution in [3.8, 4) is 0 Å². The van der Waals surface area contributed by atoms with Gasteiger partial charge in [-0.05, 0) is 20.1 Å². The van der Waals surface area contributed by atoms with Gasteiger partial charge in [0, 0.05) is 25.2 Å². The van der Waals surface area contributed by atoms with Crippen LogP contribution in [-0.4, -0.2) is 26.0 Å². The molecular weight excluding hydrogens is 136 g/mol. The van der Waals surface area contributed by atoms with Crippen molar-refractivity contribution in [2.75, 3.05) is 13.6 Å². The van der Waals surface area contributed by atoms with Gasteiger partial charge in [-0.3, -0.25) is 4.99 Å². The SMILES string of the molecule is C=NCC(CCC)/C(C)=N/C. The number of nitrogens with zero attached hydrogens (tertiary/aromatic N) is 2. The molecule has 0 saturated heterocycles. The Morgan fingerprint density at radius 3 is 2.55 bits per heavy atom. The van der Waals surface area contributed by atoms with E-state index in [2.05, 4.69) is 30.5 Å². The van der Waals surface area contributed by atoms with Gasteiger partial charge in [0.05, 0.1) is 0 Å². The van der Waals surface area contributed by atoms with Crippen LogP contribution in [0.1, 0.15) is 26.7 Å². The van der Waals surface area contributed by atoms with Crippen LogP contribution >= 0.6 is 0 Å². The fourth-order valence-electron chi connectivity index (χ4n) is 1.12. The van der Waals surface area contributed by atoms with Crippen molar-refractivity contribution in [2.45, 2.75) is 26.7 Å². The lowest BCUT2D eigenvalue weighted by molar-refractivity contribution is 0.622. The van der Waals surface area contributed by atoms with Gasteiger partial charge in [0.2, 0.25) is 0 Å². The lowest BCUT2D eigenvalue weighted by atomic mass is 9.99. The Morgan fingerprint density at radius 2 is 2.18 bits per heavy atom. The maximum Gasteiger partial charge on any atom is 0.0462 e. The van der Waals surface area contributed by atoms with Gasteiger partial charge < -0.3 is 4.99 Å². The van der Waals surface area contributed by atoms with Crippen molar-refractivity contribution < 1.29 is 0 Å². The van der Waals surface area contributed by atoms with Crippen LogP contribution in [0.3, 0.4) is 0 Å². The highest BCUT2D eigenvalue weighted by Gasteiger charge is 2.08. The lowest BCUT2D eigenvalue weighted by Gasteiger charge is -2.11. The van der Waals surface area contributed by atoms with Gasteiger partial charge in [0.15, 0.2) is 0 Å². The molecule has 0 bridgehead atoms. The summed E-state index contributed by atoms with van der Waals surface area (Å²) in [7, 11) is 1.83. The maximum atomic E-state index is 4.15. The van der Waals surface area contributed by atoms with E-state index in [1.807, 2.05) is 7.05 Å². The molecule has 0 radical (unpaired) electrons. The van der Waals surface area contributed by atoms with E-state index in [0.717, 1.165) is 6.54 Å². The molecule has 0 aliphatic carbocycles. The highest BCUT2D eigenvalue weighted by Crippen LogP contribution is 2.08. The van der Waals surface area contributed by atoms with Crippen LogP contribution in [0.15, 0.2) is 9.98 Å². The largest absolute Gasteiger partial charge is 0.300 e. The van der Waals surface area contributed by atoms with Crippen LogP contribution in [0, 0.1) is 5.92 Å². The minimum absolute atomic E-state index is 0.516. The molecule has 0 N–H and O–H groups in total. The molecule has 0 aromatic rings. The standard InChI is InChI=1S/C9H18N2/c1-5-6-9(7-10-3)8(2)11-4/h9H,3,5-7H2,1-2,4H3/b11-8+. The smallest absolute Gasteiger partial charge is 0.0462 e. The van der Waals surface area contributed by atoms with Crippen molar-refractivity contribution >= 4 is 12.4 Å². The predicted molar refractivity (Wildman–Crippen MR) is 51.8 cm³/mol.